The molecule has 4 N–H and O–H groups in total. The van der Waals surface area contributed by atoms with E-state index in [1.807, 2.05) is 12.3 Å². The standard InChI is InChI=1S/C23H31ClN4.C4H6O4/c1-28(23-20-12-14-25-13-11-18(20)8-9-21(23)24)22-10-7-17(16-27-22)15-26-19-5-3-2-4-6-19;5-3(6)1-2-4(7)8/h7-10,16,19,25-26H,2-6,11-15H2,1H3;1-2H2,(H,5,6)(H,7,8). The number of pyridine rings is 1. The van der Waals surface area contributed by atoms with Gasteiger partial charge in [0.2, 0.25) is 0 Å². The number of anilines is 2. The number of aliphatic carboxylic acids is 2. The van der Waals surface area contributed by atoms with Crippen molar-refractivity contribution in [3.8, 4) is 0 Å². The minimum atomic E-state index is -1.08. The fourth-order valence-electron chi connectivity index (χ4n) is 4.70. The molecule has 1 aliphatic carbocycles. The summed E-state index contributed by atoms with van der Waals surface area (Å²) in [6.45, 7) is 2.92. The number of nitrogens with one attached hydrogen (secondary N) is 2. The lowest BCUT2D eigenvalue weighted by atomic mass is 9.95. The van der Waals surface area contributed by atoms with Crippen molar-refractivity contribution in [3.05, 3.63) is 52.2 Å². The third kappa shape index (κ3) is 8.47. The molecule has 4 rings (SSSR count). The number of benzene rings is 1. The van der Waals surface area contributed by atoms with Crippen molar-refractivity contribution in [2.45, 2.75) is 70.4 Å². The Morgan fingerprint density at radius 1 is 1.06 bits per heavy atom. The molecule has 0 saturated heterocycles. The van der Waals surface area contributed by atoms with E-state index in [0.717, 1.165) is 49.0 Å². The van der Waals surface area contributed by atoms with E-state index < -0.39 is 11.9 Å². The Labute approximate surface area is 218 Å². The molecule has 1 saturated carbocycles. The Morgan fingerprint density at radius 3 is 2.39 bits per heavy atom. The largest absolute Gasteiger partial charge is 0.481 e. The molecule has 2 aliphatic rings. The fourth-order valence-corrected chi connectivity index (χ4v) is 5.01. The molecule has 1 fully saturated rings. The van der Waals surface area contributed by atoms with Gasteiger partial charge in [-0.1, -0.05) is 43.0 Å². The third-order valence-corrected chi connectivity index (χ3v) is 7.00. The Hall–Kier alpha value is -2.68. The molecule has 1 aromatic heterocycles. The van der Waals surface area contributed by atoms with Gasteiger partial charge < -0.3 is 25.7 Å². The van der Waals surface area contributed by atoms with Crippen molar-refractivity contribution in [3.63, 3.8) is 0 Å². The second kappa shape index (κ2) is 14.2. The van der Waals surface area contributed by atoms with Gasteiger partial charge in [-0.25, -0.2) is 4.98 Å². The number of fused-ring (bicyclic) bond motifs is 1. The quantitative estimate of drug-likeness (QED) is 0.404. The Bertz CT molecular complexity index is 996. The van der Waals surface area contributed by atoms with E-state index in [2.05, 4.69) is 40.8 Å². The van der Waals surface area contributed by atoms with E-state index in [0.29, 0.717) is 6.04 Å². The van der Waals surface area contributed by atoms with Crippen molar-refractivity contribution in [1.29, 1.82) is 0 Å². The summed E-state index contributed by atoms with van der Waals surface area (Å²) >= 11 is 6.63. The van der Waals surface area contributed by atoms with Crippen LogP contribution in [0.25, 0.3) is 0 Å². The van der Waals surface area contributed by atoms with Gasteiger partial charge in [0.05, 0.1) is 23.6 Å². The lowest BCUT2D eigenvalue weighted by Crippen LogP contribution is -2.30. The number of hydrogen-bond donors (Lipinski definition) is 4. The molecule has 0 atom stereocenters. The van der Waals surface area contributed by atoms with Crippen LogP contribution in [0.2, 0.25) is 5.02 Å². The maximum Gasteiger partial charge on any atom is 0.303 e. The predicted molar refractivity (Wildman–Crippen MR) is 142 cm³/mol. The fraction of sp³-hybridized carbons (Fsp3) is 0.519. The number of aromatic nitrogens is 1. The van der Waals surface area contributed by atoms with Crippen LogP contribution in [0.5, 0.6) is 0 Å². The molecular formula is C27H37ClN4O4. The zero-order chi connectivity index (χ0) is 25.9. The van der Waals surface area contributed by atoms with Crippen molar-refractivity contribution in [2.75, 3.05) is 25.0 Å². The molecule has 0 unspecified atom stereocenters. The van der Waals surface area contributed by atoms with E-state index in [4.69, 9.17) is 26.8 Å². The molecule has 36 heavy (non-hydrogen) atoms. The van der Waals surface area contributed by atoms with Gasteiger partial charge in [-0.2, -0.15) is 0 Å². The lowest BCUT2D eigenvalue weighted by molar-refractivity contribution is -0.143. The first kappa shape index (κ1) is 27.9. The molecule has 9 heteroatoms. The van der Waals surface area contributed by atoms with Crippen molar-refractivity contribution in [1.82, 2.24) is 15.6 Å². The Balaban J connectivity index is 0.000000392. The minimum Gasteiger partial charge on any atom is -0.481 e. The highest BCUT2D eigenvalue weighted by molar-refractivity contribution is 6.33. The van der Waals surface area contributed by atoms with Crippen molar-refractivity contribution < 1.29 is 19.8 Å². The number of carboxylic acids is 2. The number of nitrogens with zero attached hydrogens (tertiary/aromatic N) is 2. The van der Waals surface area contributed by atoms with Gasteiger partial charge >= 0.3 is 11.9 Å². The minimum absolute atomic E-state index is 0.296. The van der Waals surface area contributed by atoms with Crippen LogP contribution in [0, 0.1) is 0 Å². The van der Waals surface area contributed by atoms with Gasteiger partial charge in [0.1, 0.15) is 5.82 Å². The van der Waals surface area contributed by atoms with Crippen LogP contribution in [0.1, 0.15) is 61.6 Å². The maximum absolute atomic E-state index is 9.64. The topological polar surface area (TPSA) is 115 Å². The number of carboxylic acid groups (broad SMARTS) is 2. The molecule has 2 aromatic rings. The Morgan fingerprint density at radius 2 is 1.75 bits per heavy atom. The number of halogens is 1. The molecule has 196 valence electrons. The Kier molecular flexibility index (Phi) is 11.0. The summed E-state index contributed by atoms with van der Waals surface area (Å²) in [6.07, 6.45) is 10.2. The smallest absolute Gasteiger partial charge is 0.303 e. The molecule has 0 bridgehead atoms. The molecular weight excluding hydrogens is 480 g/mol. The number of hydrogen-bond acceptors (Lipinski definition) is 6. The van der Waals surface area contributed by atoms with Gasteiger partial charge in [-0.15, -0.1) is 0 Å². The van der Waals surface area contributed by atoms with Crippen LogP contribution in [0.3, 0.4) is 0 Å². The van der Waals surface area contributed by atoms with Crippen LogP contribution in [0.15, 0.2) is 30.5 Å². The van der Waals surface area contributed by atoms with Crippen LogP contribution in [-0.4, -0.2) is 53.3 Å². The van der Waals surface area contributed by atoms with E-state index >= 15 is 0 Å². The maximum atomic E-state index is 9.64. The second-order valence-corrected chi connectivity index (χ2v) is 9.78. The van der Waals surface area contributed by atoms with Gasteiger partial charge in [-0.3, -0.25) is 9.59 Å². The van der Waals surface area contributed by atoms with E-state index in [1.54, 1.807) is 0 Å². The van der Waals surface area contributed by atoms with Gasteiger partial charge in [-0.05, 0) is 67.6 Å². The summed E-state index contributed by atoms with van der Waals surface area (Å²) < 4.78 is 0. The molecule has 0 radical (unpaired) electrons. The first-order valence-corrected chi connectivity index (χ1v) is 13.1. The van der Waals surface area contributed by atoms with E-state index in [1.165, 1.54) is 48.8 Å². The van der Waals surface area contributed by atoms with Gasteiger partial charge in [0, 0.05) is 25.8 Å². The van der Waals surface area contributed by atoms with E-state index in [9.17, 15) is 9.59 Å². The first-order valence-electron chi connectivity index (χ1n) is 12.7. The third-order valence-electron chi connectivity index (χ3n) is 6.69. The summed E-state index contributed by atoms with van der Waals surface area (Å²) in [5.74, 6) is -1.21. The van der Waals surface area contributed by atoms with E-state index in [-0.39, 0.29) is 12.8 Å². The van der Waals surface area contributed by atoms with Crippen molar-refractivity contribution >= 4 is 35.0 Å². The van der Waals surface area contributed by atoms with Crippen LogP contribution in [-0.2, 0) is 29.0 Å². The predicted octanol–water partition coefficient (Wildman–Crippen LogP) is 4.55. The monoisotopic (exact) mass is 516 g/mol. The molecule has 8 nitrogen and oxygen atoms in total. The van der Waals surface area contributed by atoms with Crippen LogP contribution in [0.4, 0.5) is 11.5 Å². The highest BCUT2D eigenvalue weighted by atomic mass is 35.5. The molecule has 2 heterocycles. The zero-order valence-electron chi connectivity index (χ0n) is 20.9. The number of rotatable bonds is 8. The average Bonchev–Trinajstić information content (AvgIpc) is 3.13. The zero-order valence-corrected chi connectivity index (χ0v) is 21.7. The second-order valence-electron chi connectivity index (χ2n) is 9.37. The summed E-state index contributed by atoms with van der Waals surface area (Å²) in [7, 11) is 2.07. The van der Waals surface area contributed by atoms with Gasteiger partial charge in [0.25, 0.3) is 0 Å². The first-order chi connectivity index (χ1) is 17.3. The van der Waals surface area contributed by atoms with Gasteiger partial charge in [0.15, 0.2) is 0 Å². The van der Waals surface area contributed by atoms with Crippen molar-refractivity contribution in [2.24, 2.45) is 0 Å². The summed E-state index contributed by atoms with van der Waals surface area (Å²) in [5.41, 5.74) is 5.09. The lowest BCUT2D eigenvalue weighted by Gasteiger charge is -2.25. The highest BCUT2D eigenvalue weighted by Gasteiger charge is 2.19. The normalized spacial score (nSPS) is 15.7. The molecule has 0 amide bonds. The summed E-state index contributed by atoms with van der Waals surface area (Å²) in [6, 6.07) is 9.17. The highest BCUT2D eigenvalue weighted by Crippen LogP contribution is 2.36. The SMILES string of the molecule is CN(c1ccc(CNC2CCCCC2)cn1)c1c(Cl)ccc2c1CCNCC2.O=C(O)CCC(=O)O. The molecule has 1 aliphatic heterocycles. The number of carbonyl (C=O) groups is 2. The summed E-state index contributed by atoms with van der Waals surface area (Å²) in [4.78, 5) is 26.2. The molecule has 1 aromatic carbocycles. The van der Waals surface area contributed by atoms with Crippen LogP contribution < -0.4 is 15.5 Å². The summed E-state index contributed by atoms with van der Waals surface area (Å²) in [5, 5.41) is 23.8. The molecule has 0 spiro atoms. The average molecular weight is 517 g/mol. The van der Waals surface area contributed by atoms with Crippen LogP contribution >= 0.6 is 11.6 Å².